The number of rotatable bonds is 10. The first-order chi connectivity index (χ1) is 14.1. The SMILES string of the molecule is CC1=C(OCC(C)(F)P)CN(C)C(CN/C=C(/CC(C)=C2CCC2)C(=N)/C=C\N)=C1. The summed E-state index contributed by atoms with van der Waals surface area (Å²) in [6.07, 6.45) is 11.4. The van der Waals surface area contributed by atoms with Crippen LogP contribution in [0.25, 0.3) is 0 Å². The first-order valence-electron chi connectivity index (χ1n) is 10.4. The molecule has 1 aliphatic carbocycles. The van der Waals surface area contributed by atoms with E-state index in [4.69, 9.17) is 15.9 Å². The van der Waals surface area contributed by atoms with Gasteiger partial charge >= 0.3 is 0 Å². The highest BCUT2D eigenvalue weighted by molar-refractivity contribution is 7.18. The van der Waals surface area contributed by atoms with Crippen molar-refractivity contribution in [2.24, 2.45) is 5.73 Å². The maximum absolute atomic E-state index is 13.7. The van der Waals surface area contributed by atoms with Gasteiger partial charge in [-0.3, -0.25) is 0 Å². The second kappa shape index (κ2) is 10.8. The van der Waals surface area contributed by atoms with Gasteiger partial charge in [-0.05, 0) is 76.0 Å². The number of nitrogens with one attached hydrogen (secondary N) is 2. The van der Waals surface area contributed by atoms with Crippen molar-refractivity contribution >= 4 is 15.0 Å². The first kappa shape index (κ1) is 24.2. The van der Waals surface area contributed by atoms with Gasteiger partial charge in [0.15, 0.2) is 5.41 Å². The molecule has 2 atom stereocenters. The fourth-order valence-corrected chi connectivity index (χ4v) is 3.44. The molecule has 2 aliphatic rings. The van der Waals surface area contributed by atoms with Crippen molar-refractivity contribution < 1.29 is 9.13 Å². The van der Waals surface area contributed by atoms with Crippen LogP contribution in [0.3, 0.4) is 0 Å². The lowest BCUT2D eigenvalue weighted by Gasteiger charge is -2.30. The van der Waals surface area contributed by atoms with Gasteiger partial charge in [-0.15, -0.1) is 0 Å². The molecule has 1 fully saturated rings. The normalized spacial score (nSPS) is 19.4. The van der Waals surface area contributed by atoms with Crippen LogP contribution in [-0.4, -0.2) is 42.8 Å². The van der Waals surface area contributed by atoms with Gasteiger partial charge in [0.25, 0.3) is 0 Å². The van der Waals surface area contributed by atoms with E-state index >= 15 is 0 Å². The van der Waals surface area contributed by atoms with E-state index in [0.717, 1.165) is 29.0 Å². The molecule has 7 heteroatoms. The standard InChI is InChI=1S/C23H36FN4OP/c1-16(18-6-5-7-18)10-19(21(26)8-9-25)12-27-13-20-11-17(2)22(14-28(20)4)29-15-23(3,24)30/h8-9,11-12,26-27H,5-7,10,13-15,25,30H2,1-4H3/b9-8-,19-12-,26-21?. The molecule has 0 bridgehead atoms. The van der Waals surface area contributed by atoms with Gasteiger partial charge in [0, 0.05) is 18.9 Å². The number of likely N-dealkylation sites (N-methyl/N-ethyl adjacent to an activating group) is 1. The zero-order valence-electron chi connectivity index (χ0n) is 18.6. The van der Waals surface area contributed by atoms with Gasteiger partial charge in [-0.25, -0.2) is 4.39 Å². The predicted octanol–water partition coefficient (Wildman–Crippen LogP) is 4.52. The van der Waals surface area contributed by atoms with Crippen LogP contribution in [-0.2, 0) is 4.74 Å². The molecule has 2 unspecified atom stereocenters. The zero-order valence-corrected chi connectivity index (χ0v) is 19.8. The van der Waals surface area contributed by atoms with Crippen molar-refractivity contribution in [1.82, 2.24) is 10.2 Å². The Balaban J connectivity index is 2.05. The Bertz CT molecular complexity index is 797. The van der Waals surface area contributed by atoms with Crippen LogP contribution in [0, 0.1) is 5.41 Å². The minimum absolute atomic E-state index is 0.0112. The summed E-state index contributed by atoms with van der Waals surface area (Å²) in [4.78, 5) is 2.09. The molecule has 1 heterocycles. The minimum Gasteiger partial charge on any atom is -0.492 e. The van der Waals surface area contributed by atoms with Gasteiger partial charge in [-0.1, -0.05) is 20.4 Å². The predicted molar refractivity (Wildman–Crippen MR) is 127 cm³/mol. The Hall–Kier alpha value is -2.07. The summed E-state index contributed by atoms with van der Waals surface area (Å²) in [5, 5.41) is 10.2. The van der Waals surface area contributed by atoms with Crippen LogP contribution in [0.2, 0.25) is 0 Å². The fourth-order valence-electron chi connectivity index (χ4n) is 3.35. The summed E-state index contributed by atoms with van der Waals surface area (Å²) >= 11 is 0. The van der Waals surface area contributed by atoms with Gasteiger partial charge in [-0.2, -0.15) is 0 Å². The van der Waals surface area contributed by atoms with E-state index in [9.17, 15) is 4.39 Å². The number of ether oxygens (including phenoxy) is 1. The minimum atomic E-state index is -1.44. The topological polar surface area (TPSA) is 74.4 Å². The van der Waals surface area contributed by atoms with E-state index in [1.807, 2.05) is 20.2 Å². The van der Waals surface area contributed by atoms with Crippen LogP contribution >= 0.6 is 9.24 Å². The molecule has 1 aliphatic heterocycles. The molecule has 0 radical (unpaired) electrons. The van der Waals surface area contributed by atoms with E-state index < -0.39 is 5.41 Å². The summed E-state index contributed by atoms with van der Waals surface area (Å²) < 4.78 is 19.4. The van der Waals surface area contributed by atoms with Crippen LogP contribution in [0.4, 0.5) is 4.39 Å². The number of hydrogen-bond donors (Lipinski definition) is 3. The Morgan fingerprint density at radius 3 is 2.73 bits per heavy atom. The second-order valence-corrected chi connectivity index (χ2v) is 9.61. The highest BCUT2D eigenvalue weighted by atomic mass is 31.0. The second-order valence-electron chi connectivity index (χ2n) is 8.40. The number of nitrogens with two attached hydrogens (primary N) is 1. The molecular formula is C23H36FN4OP. The molecule has 0 amide bonds. The average molecular weight is 435 g/mol. The molecule has 0 spiro atoms. The van der Waals surface area contributed by atoms with E-state index in [1.165, 1.54) is 43.5 Å². The Kier molecular flexibility index (Phi) is 8.72. The molecule has 0 saturated heterocycles. The van der Waals surface area contributed by atoms with Crippen molar-refractivity contribution in [2.75, 3.05) is 26.7 Å². The molecule has 2 rings (SSSR count). The molecular weight excluding hydrogens is 398 g/mol. The summed E-state index contributed by atoms with van der Waals surface area (Å²) in [6.45, 7) is 6.87. The van der Waals surface area contributed by atoms with Gasteiger partial charge < -0.3 is 26.1 Å². The smallest absolute Gasteiger partial charge is 0.154 e. The summed E-state index contributed by atoms with van der Waals surface area (Å²) in [5.74, 6) is 0.793. The van der Waals surface area contributed by atoms with Gasteiger partial charge in [0.1, 0.15) is 12.4 Å². The lowest BCUT2D eigenvalue weighted by Crippen LogP contribution is -2.31. The Labute approximate surface area is 182 Å². The Morgan fingerprint density at radius 1 is 1.47 bits per heavy atom. The van der Waals surface area contributed by atoms with Crippen molar-refractivity contribution in [3.8, 4) is 0 Å². The van der Waals surface area contributed by atoms with Gasteiger partial charge in [0.05, 0.1) is 18.8 Å². The third kappa shape index (κ3) is 7.32. The van der Waals surface area contributed by atoms with Crippen molar-refractivity contribution in [2.45, 2.75) is 51.9 Å². The van der Waals surface area contributed by atoms with Crippen LogP contribution in [0.5, 0.6) is 0 Å². The first-order valence-corrected chi connectivity index (χ1v) is 11.0. The monoisotopic (exact) mass is 434 g/mol. The van der Waals surface area contributed by atoms with Crippen LogP contribution in [0.1, 0.15) is 46.5 Å². The molecule has 0 aromatic heterocycles. The lowest BCUT2D eigenvalue weighted by atomic mass is 9.86. The summed E-state index contributed by atoms with van der Waals surface area (Å²) in [7, 11) is 4.15. The quantitative estimate of drug-likeness (QED) is 0.268. The summed E-state index contributed by atoms with van der Waals surface area (Å²) in [6, 6.07) is 0. The number of hydrogen-bond acceptors (Lipinski definition) is 5. The lowest BCUT2D eigenvalue weighted by molar-refractivity contribution is 0.109. The summed E-state index contributed by atoms with van der Waals surface area (Å²) in [5.41, 5.74) is 11.8. The number of nitrogens with zero attached hydrogens (tertiary/aromatic N) is 1. The van der Waals surface area contributed by atoms with Crippen LogP contribution in [0.15, 0.2) is 58.3 Å². The maximum Gasteiger partial charge on any atom is 0.154 e. The number of allylic oxidation sites excluding steroid dienone is 6. The fraction of sp³-hybridized carbons (Fsp3) is 0.522. The molecule has 166 valence electrons. The highest BCUT2D eigenvalue weighted by Gasteiger charge is 2.21. The van der Waals surface area contributed by atoms with E-state index in [-0.39, 0.29) is 6.61 Å². The van der Waals surface area contributed by atoms with E-state index in [1.54, 1.807) is 6.08 Å². The molecule has 4 N–H and O–H groups in total. The van der Waals surface area contributed by atoms with Crippen molar-refractivity contribution in [3.63, 3.8) is 0 Å². The number of halogens is 1. The molecule has 5 nitrogen and oxygen atoms in total. The zero-order chi connectivity index (χ0) is 22.3. The van der Waals surface area contributed by atoms with Gasteiger partial charge in [0.2, 0.25) is 0 Å². The van der Waals surface area contributed by atoms with Crippen LogP contribution < -0.4 is 11.1 Å². The Morgan fingerprint density at radius 2 is 2.17 bits per heavy atom. The molecule has 0 aromatic rings. The average Bonchev–Trinajstić information content (AvgIpc) is 2.60. The number of alkyl halides is 1. The van der Waals surface area contributed by atoms with E-state index in [2.05, 4.69) is 32.5 Å². The van der Waals surface area contributed by atoms with Crippen molar-refractivity contribution in [1.29, 1.82) is 5.41 Å². The third-order valence-electron chi connectivity index (χ3n) is 5.41. The van der Waals surface area contributed by atoms with E-state index in [0.29, 0.717) is 18.8 Å². The highest BCUT2D eigenvalue weighted by Crippen LogP contribution is 2.31. The third-order valence-corrected chi connectivity index (χ3v) is 5.57. The molecule has 1 saturated carbocycles. The largest absolute Gasteiger partial charge is 0.492 e. The van der Waals surface area contributed by atoms with Crippen molar-refractivity contribution in [3.05, 3.63) is 58.3 Å². The molecule has 0 aromatic carbocycles. The maximum atomic E-state index is 13.7. The molecule has 30 heavy (non-hydrogen) atoms.